The first kappa shape index (κ1) is 15.0. The molecule has 5 heteroatoms. The van der Waals surface area contributed by atoms with Crippen LogP contribution in [0.3, 0.4) is 0 Å². The molecule has 0 saturated carbocycles. The molecule has 118 valence electrons. The van der Waals surface area contributed by atoms with Gasteiger partial charge in [-0.2, -0.15) is 5.10 Å². The van der Waals surface area contributed by atoms with E-state index in [4.69, 9.17) is 0 Å². The van der Waals surface area contributed by atoms with Crippen LogP contribution in [0.2, 0.25) is 0 Å². The summed E-state index contributed by atoms with van der Waals surface area (Å²) in [5.74, 6) is 0. The van der Waals surface area contributed by atoms with Gasteiger partial charge in [0.15, 0.2) is 0 Å². The van der Waals surface area contributed by atoms with E-state index in [9.17, 15) is 4.79 Å². The van der Waals surface area contributed by atoms with Gasteiger partial charge in [-0.05, 0) is 31.5 Å². The summed E-state index contributed by atoms with van der Waals surface area (Å²) in [7, 11) is 0. The van der Waals surface area contributed by atoms with Crippen molar-refractivity contribution in [2.45, 2.75) is 19.3 Å². The first-order valence-electron chi connectivity index (χ1n) is 8.21. The smallest absolute Gasteiger partial charge is 0.320 e. The highest BCUT2D eigenvalue weighted by Crippen LogP contribution is 2.12. The third-order valence-electron chi connectivity index (χ3n) is 4.35. The summed E-state index contributed by atoms with van der Waals surface area (Å²) in [6, 6.07) is 9.91. The average molecular weight is 300 g/mol. The Morgan fingerprint density at radius 3 is 2.50 bits per heavy atom. The van der Waals surface area contributed by atoms with Crippen LogP contribution in [0.5, 0.6) is 0 Å². The van der Waals surface area contributed by atoms with Crippen molar-refractivity contribution in [3.63, 3.8) is 0 Å². The van der Waals surface area contributed by atoms with Crippen LogP contribution < -0.4 is 0 Å². The minimum atomic E-state index is 0.0317. The van der Waals surface area contributed by atoms with Crippen LogP contribution in [0, 0.1) is 0 Å². The maximum Gasteiger partial charge on any atom is 0.340 e. The Morgan fingerprint density at radius 1 is 0.955 bits per heavy atom. The number of hydrazone groups is 1. The minimum absolute atomic E-state index is 0.0317. The van der Waals surface area contributed by atoms with Crippen LogP contribution in [0.25, 0.3) is 0 Å². The number of carbonyl (C=O) groups excluding carboxylic acids is 1. The third kappa shape index (κ3) is 3.85. The van der Waals surface area contributed by atoms with E-state index in [0.29, 0.717) is 6.54 Å². The topological polar surface area (TPSA) is 39.2 Å². The lowest BCUT2D eigenvalue weighted by Crippen LogP contribution is -2.39. The highest BCUT2D eigenvalue weighted by molar-refractivity contribution is 5.82. The van der Waals surface area contributed by atoms with Gasteiger partial charge in [0.2, 0.25) is 0 Å². The van der Waals surface area contributed by atoms with Crippen molar-refractivity contribution in [3.8, 4) is 0 Å². The molecule has 1 aromatic carbocycles. The number of likely N-dealkylation sites (tertiary alicyclic amines) is 1. The molecular weight excluding hydrogens is 276 g/mol. The molecule has 22 heavy (non-hydrogen) atoms. The number of rotatable bonds is 5. The lowest BCUT2D eigenvalue weighted by atomic mass is 10.1. The van der Waals surface area contributed by atoms with Crippen LogP contribution in [-0.4, -0.2) is 66.3 Å². The number of urea groups is 1. The van der Waals surface area contributed by atoms with Crippen LogP contribution in [0.1, 0.15) is 24.8 Å². The second-order valence-electron chi connectivity index (χ2n) is 5.95. The van der Waals surface area contributed by atoms with Crippen molar-refractivity contribution in [2.24, 2.45) is 5.10 Å². The Kier molecular flexibility index (Phi) is 5.06. The number of carbonyl (C=O) groups is 1. The van der Waals surface area contributed by atoms with E-state index in [-0.39, 0.29) is 6.03 Å². The largest absolute Gasteiger partial charge is 0.340 e. The molecule has 3 rings (SSSR count). The van der Waals surface area contributed by atoms with Crippen LogP contribution in [-0.2, 0) is 0 Å². The van der Waals surface area contributed by atoms with E-state index in [0.717, 1.165) is 25.2 Å². The van der Waals surface area contributed by atoms with Gasteiger partial charge in [-0.3, -0.25) is 0 Å². The summed E-state index contributed by atoms with van der Waals surface area (Å²) < 4.78 is 0. The molecule has 0 unspecified atom stereocenters. The lowest BCUT2D eigenvalue weighted by molar-refractivity contribution is 0.176. The summed E-state index contributed by atoms with van der Waals surface area (Å²) >= 11 is 0. The van der Waals surface area contributed by atoms with Gasteiger partial charge in [0, 0.05) is 19.6 Å². The molecule has 2 aliphatic heterocycles. The molecule has 0 atom stereocenters. The first-order valence-corrected chi connectivity index (χ1v) is 8.21. The number of piperidine rings is 1. The number of hydrogen-bond donors (Lipinski definition) is 0. The van der Waals surface area contributed by atoms with Gasteiger partial charge in [-0.25, -0.2) is 9.80 Å². The normalized spacial score (nSPS) is 20.3. The monoisotopic (exact) mass is 300 g/mol. The number of benzene rings is 1. The fraction of sp³-hybridized carbons (Fsp3) is 0.529. The Hall–Kier alpha value is -1.88. The van der Waals surface area contributed by atoms with Crippen molar-refractivity contribution in [3.05, 3.63) is 35.9 Å². The Balaban J connectivity index is 1.48. The molecule has 2 amide bonds. The highest BCUT2D eigenvalue weighted by Gasteiger charge is 2.28. The zero-order valence-corrected chi connectivity index (χ0v) is 13.0. The number of nitrogens with zero attached hydrogens (tertiary/aromatic N) is 4. The van der Waals surface area contributed by atoms with E-state index in [1.165, 1.54) is 32.4 Å². The van der Waals surface area contributed by atoms with Gasteiger partial charge in [-0.15, -0.1) is 0 Å². The van der Waals surface area contributed by atoms with E-state index < -0.39 is 0 Å². The van der Waals surface area contributed by atoms with Crippen LogP contribution in [0.4, 0.5) is 4.79 Å². The molecule has 1 aromatic rings. The maximum atomic E-state index is 12.3. The van der Waals surface area contributed by atoms with Crippen molar-refractivity contribution >= 4 is 12.2 Å². The third-order valence-corrected chi connectivity index (χ3v) is 4.35. The summed E-state index contributed by atoms with van der Waals surface area (Å²) in [5.41, 5.74) is 1.02. The minimum Gasteiger partial charge on any atom is -0.320 e. The molecular formula is C17H24N4O. The summed E-state index contributed by atoms with van der Waals surface area (Å²) in [5, 5.41) is 5.90. The summed E-state index contributed by atoms with van der Waals surface area (Å²) in [6.07, 6.45) is 5.69. The van der Waals surface area contributed by atoms with Crippen molar-refractivity contribution in [1.29, 1.82) is 0 Å². The zero-order chi connectivity index (χ0) is 15.2. The van der Waals surface area contributed by atoms with Gasteiger partial charge < -0.3 is 9.80 Å². The maximum absolute atomic E-state index is 12.3. The molecule has 0 aliphatic carbocycles. The Bertz CT molecular complexity index is 511. The van der Waals surface area contributed by atoms with Crippen molar-refractivity contribution < 1.29 is 4.79 Å². The van der Waals surface area contributed by atoms with Gasteiger partial charge in [-0.1, -0.05) is 36.8 Å². The standard InChI is InChI=1S/C17H24N4O/c22-17-20(12-11-19-9-5-2-6-10-19)13-14-21(17)18-15-16-7-3-1-4-8-16/h1,3-4,7-8,15H,2,5-6,9-14H2. The lowest BCUT2D eigenvalue weighted by Gasteiger charge is -2.28. The van der Waals surface area contributed by atoms with E-state index >= 15 is 0 Å². The molecule has 2 heterocycles. The van der Waals surface area contributed by atoms with Crippen molar-refractivity contribution in [1.82, 2.24) is 14.8 Å². The van der Waals surface area contributed by atoms with Gasteiger partial charge >= 0.3 is 6.03 Å². The predicted octanol–water partition coefficient (Wildman–Crippen LogP) is 2.24. The fourth-order valence-corrected chi connectivity index (χ4v) is 3.01. The molecule has 0 spiro atoms. The van der Waals surface area contributed by atoms with Crippen LogP contribution >= 0.6 is 0 Å². The van der Waals surface area contributed by atoms with Gasteiger partial charge in [0.1, 0.15) is 0 Å². The van der Waals surface area contributed by atoms with Crippen LogP contribution in [0.15, 0.2) is 35.4 Å². The molecule has 2 saturated heterocycles. The average Bonchev–Trinajstić information content (AvgIpc) is 2.93. The first-order chi connectivity index (χ1) is 10.8. The number of hydrogen-bond acceptors (Lipinski definition) is 3. The molecule has 0 N–H and O–H groups in total. The van der Waals surface area contributed by atoms with E-state index in [1.807, 2.05) is 35.2 Å². The summed E-state index contributed by atoms with van der Waals surface area (Å²) in [6.45, 7) is 5.62. The van der Waals surface area contributed by atoms with E-state index in [2.05, 4.69) is 10.0 Å². The van der Waals surface area contributed by atoms with E-state index in [1.54, 1.807) is 11.2 Å². The van der Waals surface area contributed by atoms with Gasteiger partial charge in [0.05, 0.1) is 12.8 Å². The Morgan fingerprint density at radius 2 is 1.73 bits per heavy atom. The molecule has 2 fully saturated rings. The zero-order valence-electron chi connectivity index (χ0n) is 13.0. The fourth-order valence-electron chi connectivity index (χ4n) is 3.01. The highest BCUT2D eigenvalue weighted by atomic mass is 16.2. The predicted molar refractivity (Wildman–Crippen MR) is 88.0 cm³/mol. The van der Waals surface area contributed by atoms with Crippen molar-refractivity contribution in [2.75, 3.05) is 39.3 Å². The Labute approximate surface area is 132 Å². The SMILES string of the molecule is O=C1N(CCN2CCCCC2)CCN1N=Cc1ccccc1. The second-order valence-corrected chi connectivity index (χ2v) is 5.95. The van der Waals surface area contributed by atoms with Gasteiger partial charge in [0.25, 0.3) is 0 Å². The molecule has 0 bridgehead atoms. The number of amides is 2. The second kappa shape index (κ2) is 7.40. The molecule has 5 nitrogen and oxygen atoms in total. The quantitative estimate of drug-likeness (QED) is 0.782. The molecule has 0 radical (unpaired) electrons. The summed E-state index contributed by atoms with van der Waals surface area (Å²) in [4.78, 5) is 16.7. The molecule has 0 aromatic heterocycles. The molecule has 2 aliphatic rings.